The summed E-state index contributed by atoms with van der Waals surface area (Å²) in [6.07, 6.45) is 0. The Labute approximate surface area is 117 Å². The second-order valence-electron chi connectivity index (χ2n) is 5.18. The summed E-state index contributed by atoms with van der Waals surface area (Å²) in [5, 5.41) is 21.4. The number of rotatable bonds is 3. The van der Waals surface area contributed by atoms with Crippen LogP contribution in [0.1, 0.15) is 33.7 Å². The van der Waals surface area contributed by atoms with Crippen LogP contribution < -0.4 is 4.57 Å². The smallest absolute Gasteiger partial charge is 0.409 e. The number of thioether (sulfide) groups is 1. The van der Waals surface area contributed by atoms with E-state index in [4.69, 9.17) is 0 Å². The number of hydrogen-bond acceptors (Lipinski definition) is 3. The highest BCUT2D eigenvalue weighted by Crippen LogP contribution is 2.33. The van der Waals surface area contributed by atoms with E-state index in [9.17, 15) is 10.2 Å². The second-order valence-corrected chi connectivity index (χ2v) is 6.80. The van der Waals surface area contributed by atoms with Crippen LogP contribution >= 0.6 is 11.8 Å². The number of hydrogen-bond donors (Lipinski definition) is 2. The summed E-state index contributed by atoms with van der Waals surface area (Å²) in [6, 6.07) is 7.69. The molecule has 0 radical (unpaired) electrons. The number of fused-ring (bicyclic) bond motifs is 1. The molecule has 19 heavy (non-hydrogen) atoms. The van der Waals surface area contributed by atoms with Crippen LogP contribution in [0.4, 0.5) is 0 Å². The van der Waals surface area contributed by atoms with Crippen molar-refractivity contribution in [1.29, 1.82) is 0 Å². The van der Waals surface area contributed by atoms with Gasteiger partial charge in [0, 0.05) is 11.3 Å². The molecule has 1 aromatic heterocycles. The highest BCUT2D eigenvalue weighted by atomic mass is 32.2. The number of benzene rings is 1. The third-order valence-electron chi connectivity index (χ3n) is 2.90. The number of para-hydroxylation sites is 1. The molecule has 2 rings (SSSR count). The molecule has 3 nitrogen and oxygen atoms in total. The normalized spacial score (nSPS) is 11.7. The molecule has 1 heterocycles. The van der Waals surface area contributed by atoms with Crippen molar-refractivity contribution in [2.75, 3.05) is 0 Å². The average molecular weight is 278 g/mol. The summed E-state index contributed by atoms with van der Waals surface area (Å²) in [5.74, 6) is -0.146. The third kappa shape index (κ3) is 2.63. The van der Waals surface area contributed by atoms with Crippen molar-refractivity contribution in [3.63, 3.8) is 0 Å². The largest absolute Gasteiger partial charge is 0.500 e. The van der Waals surface area contributed by atoms with E-state index in [0.29, 0.717) is 5.25 Å². The minimum atomic E-state index is -0.0760. The number of pyridine rings is 1. The fourth-order valence-corrected chi connectivity index (χ4v) is 3.20. The van der Waals surface area contributed by atoms with E-state index in [0.717, 1.165) is 15.8 Å². The van der Waals surface area contributed by atoms with Gasteiger partial charge in [-0.25, -0.2) is 0 Å². The maximum atomic E-state index is 10.1. The molecule has 2 N–H and O–H groups in total. The van der Waals surface area contributed by atoms with Gasteiger partial charge >= 0.3 is 5.88 Å². The molecule has 0 bridgehead atoms. The molecule has 0 aliphatic rings. The summed E-state index contributed by atoms with van der Waals surface area (Å²) >= 11 is 1.76. The number of nitrogens with zero attached hydrogens (tertiary/aromatic N) is 1. The maximum Gasteiger partial charge on any atom is 0.409 e. The predicted octanol–water partition coefficient (Wildman–Crippen LogP) is 3.62. The van der Waals surface area contributed by atoms with E-state index in [1.165, 1.54) is 0 Å². The van der Waals surface area contributed by atoms with Crippen LogP contribution in [0.5, 0.6) is 11.6 Å². The molecule has 2 aromatic rings. The first-order valence-electron chi connectivity index (χ1n) is 6.47. The summed E-state index contributed by atoms with van der Waals surface area (Å²) in [4.78, 5) is 1.12. The Balaban J connectivity index is 2.82. The van der Waals surface area contributed by atoms with Crippen molar-refractivity contribution in [1.82, 2.24) is 0 Å². The molecule has 0 saturated carbocycles. The predicted molar refractivity (Wildman–Crippen MR) is 78.9 cm³/mol. The van der Waals surface area contributed by atoms with Gasteiger partial charge in [-0.15, -0.1) is 11.8 Å². The zero-order valence-corrected chi connectivity index (χ0v) is 12.5. The Morgan fingerprint density at radius 1 is 1.11 bits per heavy atom. The summed E-state index contributed by atoms with van der Waals surface area (Å²) < 4.78 is 1.79. The standard InChI is InChI=1S/C15H19NO2S/c1-9(2)16-14-11(8-12(17)15(16)18)6-5-7-13(14)19-10(3)4/h5-10,17H,1-4H3/p+1. The van der Waals surface area contributed by atoms with Gasteiger partial charge in [0.05, 0.1) is 10.3 Å². The van der Waals surface area contributed by atoms with E-state index >= 15 is 0 Å². The number of aromatic nitrogens is 1. The molecule has 0 spiro atoms. The molecule has 0 atom stereocenters. The Morgan fingerprint density at radius 2 is 1.79 bits per heavy atom. The Bertz CT molecular complexity index is 609. The van der Waals surface area contributed by atoms with Gasteiger partial charge in [-0.2, -0.15) is 4.57 Å². The lowest BCUT2D eigenvalue weighted by Crippen LogP contribution is -2.37. The second kappa shape index (κ2) is 5.29. The van der Waals surface area contributed by atoms with E-state index in [-0.39, 0.29) is 17.7 Å². The highest BCUT2D eigenvalue weighted by Gasteiger charge is 2.25. The molecule has 0 amide bonds. The van der Waals surface area contributed by atoms with Gasteiger partial charge in [-0.05, 0) is 26.0 Å². The van der Waals surface area contributed by atoms with Crippen LogP contribution in [0.25, 0.3) is 10.9 Å². The van der Waals surface area contributed by atoms with Crippen molar-refractivity contribution in [3.05, 3.63) is 24.3 Å². The van der Waals surface area contributed by atoms with Crippen molar-refractivity contribution in [3.8, 4) is 11.6 Å². The van der Waals surface area contributed by atoms with Gasteiger partial charge in [0.2, 0.25) is 11.3 Å². The van der Waals surface area contributed by atoms with Crippen LogP contribution in [0.3, 0.4) is 0 Å². The van der Waals surface area contributed by atoms with Gasteiger partial charge in [0.1, 0.15) is 0 Å². The van der Waals surface area contributed by atoms with Crippen molar-refractivity contribution in [2.24, 2.45) is 0 Å². The summed E-state index contributed by atoms with van der Waals surface area (Å²) in [6.45, 7) is 8.28. The monoisotopic (exact) mass is 278 g/mol. The fraction of sp³-hybridized carbons (Fsp3) is 0.400. The van der Waals surface area contributed by atoms with E-state index in [1.807, 2.05) is 26.0 Å². The molecule has 0 aliphatic heterocycles. The first-order chi connectivity index (χ1) is 8.91. The summed E-state index contributed by atoms with van der Waals surface area (Å²) in [7, 11) is 0. The SMILES string of the molecule is CC(C)Sc1cccc2cc(O)c(O)[n+](C(C)C)c12. The van der Waals surface area contributed by atoms with Crippen LogP contribution in [0.15, 0.2) is 29.2 Å². The number of aromatic hydroxyl groups is 2. The van der Waals surface area contributed by atoms with Crippen LogP contribution in [0, 0.1) is 0 Å². The average Bonchev–Trinajstić information content (AvgIpc) is 2.30. The van der Waals surface area contributed by atoms with Gasteiger partial charge < -0.3 is 10.2 Å². The topological polar surface area (TPSA) is 44.3 Å². The van der Waals surface area contributed by atoms with Gasteiger partial charge in [-0.3, -0.25) is 0 Å². The summed E-state index contributed by atoms with van der Waals surface area (Å²) in [5.41, 5.74) is 0.978. The molecule has 0 fully saturated rings. The molecular weight excluding hydrogens is 258 g/mol. The van der Waals surface area contributed by atoms with E-state index in [2.05, 4.69) is 19.9 Å². The molecule has 0 unspecified atom stereocenters. The van der Waals surface area contributed by atoms with Gasteiger partial charge in [0.15, 0.2) is 6.04 Å². The van der Waals surface area contributed by atoms with Gasteiger partial charge in [0.25, 0.3) is 0 Å². The molecule has 0 saturated heterocycles. The Kier molecular flexibility index (Phi) is 3.90. The Morgan fingerprint density at radius 3 is 2.37 bits per heavy atom. The lowest BCUT2D eigenvalue weighted by atomic mass is 10.2. The van der Waals surface area contributed by atoms with Crippen LogP contribution in [-0.2, 0) is 0 Å². The lowest BCUT2D eigenvalue weighted by molar-refractivity contribution is -0.698. The highest BCUT2D eigenvalue weighted by molar-refractivity contribution is 8.00. The van der Waals surface area contributed by atoms with Gasteiger partial charge in [-0.1, -0.05) is 19.9 Å². The lowest BCUT2D eigenvalue weighted by Gasteiger charge is -2.12. The van der Waals surface area contributed by atoms with E-state index in [1.54, 1.807) is 22.4 Å². The minimum Gasteiger partial charge on any atom is -0.500 e. The Hall–Kier alpha value is -1.42. The fourth-order valence-electron chi connectivity index (χ4n) is 2.21. The van der Waals surface area contributed by atoms with Crippen molar-refractivity contribution in [2.45, 2.75) is 43.9 Å². The van der Waals surface area contributed by atoms with E-state index < -0.39 is 0 Å². The molecular formula is C15H20NO2S+. The maximum absolute atomic E-state index is 10.1. The quantitative estimate of drug-likeness (QED) is 0.666. The van der Waals surface area contributed by atoms with Crippen molar-refractivity contribution >= 4 is 22.7 Å². The van der Waals surface area contributed by atoms with Crippen LogP contribution in [0.2, 0.25) is 0 Å². The van der Waals surface area contributed by atoms with Crippen molar-refractivity contribution < 1.29 is 14.8 Å². The molecule has 0 aliphatic carbocycles. The third-order valence-corrected chi connectivity index (χ3v) is 3.95. The van der Waals surface area contributed by atoms with Crippen LogP contribution in [-0.4, -0.2) is 15.5 Å². The first-order valence-corrected chi connectivity index (χ1v) is 7.35. The molecule has 4 heteroatoms. The molecule has 1 aromatic carbocycles. The zero-order chi connectivity index (χ0) is 14.2. The zero-order valence-electron chi connectivity index (χ0n) is 11.7. The first kappa shape index (κ1) is 14.0. The molecule has 102 valence electrons. The minimum absolute atomic E-state index is 0.0701.